The van der Waals surface area contributed by atoms with Crippen LogP contribution in [0.5, 0.6) is 0 Å². The van der Waals surface area contributed by atoms with Crippen LogP contribution in [0.25, 0.3) is 0 Å². The van der Waals surface area contributed by atoms with Gasteiger partial charge in [0.2, 0.25) is 5.91 Å². The number of morpholine rings is 1. The van der Waals surface area contributed by atoms with E-state index in [0.717, 1.165) is 11.5 Å². The maximum Gasteiger partial charge on any atom is 0.267 e. The van der Waals surface area contributed by atoms with Crippen LogP contribution in [0.2, 0.25) is 0 Å². The van der Waals surface area contributed by atoms with Crippen molar-refractivity contribution in [3.05, 3.63) is 45.9 Å². The number of ether oxygens (including phenoxy) is 1. The van der Waals surface area contributed by atoms with Crippen molar-refractivity contribution in [3.63, 3.8) is 0 Å². The Balaban J connectivity index is 1.72. The maximum absolute atomic E-state index is 12.5. The zero-order valence-corrected chi connectivity index (χ0v) is 14.1. The largest absolute Gasteiger partial charge is 0.367 e. The average molecular weight is 331 g/mol. The third kappa shape index (κ3) is 3.38. The Hall–Kier alpha value is -2.48. The van der Waals surface area contributed by atoms with Crippen molar-refractivity contribution < 1.29 is 9.53 Å². The number of hydrogen-bond donors (Lipinski definition) is 0. The number of aryl methyl sites for hydroxylation is 3. The van der Waals surface area contributed by atoms with Crippen molar-refractivity contribution in [1.82, 2.24) is 24.2 Å². The Morgan fingerprint density at radius 2 is 2.12 bits per heavy atom. The standard InChI is InChI=1S/C16H21N5O3/c1-11-4-5-14(22)21(18-11)10-15(23)20-6-7-24-13(9-20)16-17-12(2)8-19(16)3/h4-5,8,13H,6-7,9-10H2,1-3H3. The Bertz CT molecular complexity index is 810. The molecule has 1 atom stereocenters. The fraction of sp³-hybridized carbons (Fsp3) is 0.500. The maximum atomic E-state index is 12.5. The van der Waals surface area contributed by atoms with Crippen LogP contribution in [0.15, 0.2) is 23.1 Å². The lowest BCUT2D eigenvalue weighted by Crippen LogP contribution is -2.45. The first-order valence-electron chi connectivity index (χ1n) is 7.88. The Morgan fingerprint density at radius 3 is 2.83 bits per heavy atom. The number of hydrogen-bond acceptors (Lipinski definition) is 5. The zero-order chi connectivity index (χ0) is 17.3. The molecule has 8 heteroatoms. The molecular formula is C16H21N5O3. The lowest BCUT2D eigenvalue weighted by Gasteiger charge is -2.32. The van der Waals surface area contributed by atoms with E-state index in [4.69, 9.17) is 4.74 Å². The van der Waals surface area contributed by atoms with Crippen LogP contribution in [0.1, 0.15) is 23.3 Å². The van der Waals surface area contributed by atoms with E-state index in [1.165, 1.54) is 10.7 Å². The van der Waals surface area contributed by atoms with Gasteiger partial charge >= 0.3 is 0 Å². The molecule has 1 saturated heterocycles. The average Bonchev–Trinajstić information content (AvgIpc) is 2.89. The quantitative estimate of drug-likeness (QED) is 0.802. The summed E-state index contributed by atoms with van der Waals surface area (Å²) in [5, 5.41) is 4.11. The van der Waals surface area contributed by atoms with Crippen molar-refractivity contribution in [1.29, 1.82) is 0 Å². The predicted octanol–water partition coefficient (Wildman–Crippen LogP) is 0.194. The van der Waals surface area contributed by atoms with Crippen LogP contribution in [-0.4, -0.2) is 49.8 Å². The molecule has 0 N–H and O–H groups in total. The van der Waals surface area contributed by atoms with Crippen LogP contribution < -0.4 is 5.56 Å². The molecule has 3 rings (SSSR count). The number of carbonyl (C=O) groups is 1. The summed E-state index contributed by atoms with van der Waals surface area (Å²) in [7, 11) is 1.91. The first kappa shape index (κ1) is 16.4. The smallest absolute Gasteiger partial charge is 0.267 e. The van der Waals surface area contributed by atoms with E-state index in [0.29, 0.717) is 25.4 Å². The van der Waals surface area contributed by atoms with Crippen LogP contribution in [0.3, 0.4) is 0 Å². The summed E-state index contributed by atoms with van der Waals surface area (Å²) in [5.41, 5.74) is 1.33. The predicted molar refractivity (Wildman–Crippen MR) is 86.5 cm³/mol. The molecule has 1 aliphatic rings. The van der Waals surface area contributed by atoms with Gasteiger partial charge in [-0.2, -0.15) is 5.10 Å². The number of carbonyl (C=O) groups excluding carboxylic acids is 1. The number of rotatable bonds is 3. The van der Waals surface area contributed by atoms with Crippen molar-refractivity contribution in [2.45, 2.75) is 26.5 Å². The van der Waals surface area contributed by atoms with Gasteiger partial charge in [0.15, 0.2) is 0 Å². The van der Waals surface area contributed by atoms with Crippen LogP contribution in [0, 0.1) is 13.8 Å². The Kier molecular flexibility index (Phi) is 4.48. The molecule has 0 spiro atoms. The first-order valence-corrected chi connectivity index (χ1v) is 7.88. The van der Waals surface area contributed by atoms with E-state index in [2.05, 4.69) is 10.1 Å². The molecule has 128 valence electrons. The number of aromatic nitrogens is 4. The topological polar surface area (TPSA) is 82.2 Å². The van der Waals surface area contributed by atoms with Gasteiger partial charge in [0, 0.05) is 25.9 Å². The van der Waals surface area contributed by atoms with Gasteiger partial charge < -0.3 is 14.2 Å². The highest BCUT2D eigenvalue weighted by Crippen LogP contribution is 2.21. The summed E-state index contributed by atoms with van der Waals surface area (Å²) in [6.45, 7) is 5.01. The molecule has 0 saturated carbocycles. The molecule has 8 nitrogen and oxygen atoms in total. The third-order valence-corrected chi connectivity index (χ3v) is 4.02. The van der Waals surface area contributed by atoms with Gasteiger partial charge in [0.1, 0.15) is 18.5 Å². The number of imidazole rings is 1. The Morgan fingerprint density at radius 1 is 1.33 bits per heavy atom. The monoisotopic (exact) mass is 331 g/mol. The number of nitrogens with zero attached hydrogens (tertiary/aromatic N) is 5. The third-order valence-electron chi connectivity index (χ3n) is 4.02. The van der Waals surface area contributed by atoms with Gasteiger partial charge in [-0.1, -0.05) is 0 Å². The van der Waals surface area contributed by atoms with E-state index in [9.17, 15) is 9.59 Å². The summed E-state index contributed by atoms with van der Waals surface area (Å²) in [6.07, 6.45) is 1.67. The van der Waals surface area contributed by atoms with Crippen LogP contribution in [0.4, 0.5) is 0 Å². The summed E-state index contributed by atoms with van der Waals surface area (Å²) >= 11 is 0. The highest BCUT2D eigenvalue weighted by molar-refractivity contribution is 5.76. The van der Waals surface area contributed by atoms with Crippen molar-refractivity contribution >= 4 is 5.91 Å². The molecular weight excluding hydrogens is 310 g/mol. The molecule has 0 aromatic carbocycles. The SMILES string of the molecule is Cc1cn(C)c(C2CN(C(=O)Cn3nc(C)ccc3=O)CCO2)n1. The van der Waals surface area contributed by atoms with Gasteiger partial charge in [-0.15, -0.1) is 0 Å². The van der Waals surface area contributed by atoms with Crippen molar-refractivity contribution in [3.8, 4) is 0 Å². The second kappa shape index (κ2) is 6.56. The molecule has 3 heterocycles. The molecule has 2 aromatic heterocycles. The van der Waals surface area contributed by atoms with Gasteiger partial charge in [-0.05, 0) is 19.9 Å². The van der Waals surface area contributed by atoms with E-state index in [-0.39, 0.29) is 24.1 Å². The van der Waals surface area contributed by atoms with Gasteiger partial charge in [0.05, 0.1) is 24.5 Å². The minimum Gasteiger partial charge on any atom is -0.367 e. The van der Waals surface area contributed by atoms with Crippen LogP contribution in [-0.2, 0) is 23.1 Å². The molecule has 2 aromatic rings. The summed E-state index contributed by atoms with van der Waals surface area (Å²) in [5.74, 6) is 0.658. The first-order chi connectivity index (χ1) is 11.4. The molecule has 1 amide bonds. The van der Waals surface area contributed by atoms with E-state index in [1.54, 1.807) is 17.9 Å². The van der Waals surface area contributed by atoms with Crippen molar-refractivity contribution in [2.24, 2.45) is 7.05 Å². The van der Waals surface area contributed by atoms with Crippen molar-refractivity contribution in [2.75, 3.05) is 19.7 Å². The van der Waals surface area contributed by atoms with Gasteiger partial charge in [-0.25, -0.2) is 9.67 Å². The molecule has 0 bridgehead atoms. The lowest BCUT2D eigenvalue weighted by atomic mass is 10.2. The molecule has 24 heavy (non-hydrogen) atoms. The fourth-order valence-electron chi connectivity index (χ4n) is 2.86. The zero-order valence-electron chi connectivity index (χ0n) is 14.1. The fourth-order valence-corrected chi connectivity index (χ4v) is 2.86. The summed E-state index contributed by atoms with van der Waals surface area (Å²) in [4.78, 5) is 30.5. The minimum atomic E-state index is -0.279. The summed E-state index contributed by atoms with van der Waals surface area (Å²) < 4.78 is 8.89. The highest BCUT2D eigenvalue weighted by Gasteiger charge is 2.28. The molecule has 1 aliphatic heterocycles. The van der Waals surface area contributed by atoms with E-state index >= 15 is 0 Å². The van der Waals surface area contributed by atoms with Crippen LogP contribution >= 0.6 is 0 Å². The second-order valence-corrected chi connectivity index (χ2v) is 6.02. The molecule has 1 unspecified atom stereocenters. The molecule has 0 radical (unpaired) electrons. The van der Waals surface area contributed by atoms with E-state index < -0.39 is 0 Å². The molecule has 1 fully saturated rings. The van der Waals surface area contributed by atoms with E-state index in [1.807, 2.05) is 24.7 Å². The normalized spacial score (nSPS) is 18.0. The lowest BCUT2D eigenvalue weighted by molar-refractivity contribution is -0.140. The highest BCUT2D eigenvalue weighted by atomic mass is 16.5. The number of amides is 1. The summed E-state index contributed by atoms with van der Waals surface area (Å²) in [6, 6.07) is 3.06. The van der Waals surface area contributed by atoms with Gasteiger partial charge in [-0.3, -0.25) is 9.59 Å². The second-order valence-electron chi connectivity index (χ2n) is 6.02. The van der Waals surface area contributed by atoms with Gasteiger partial charge in [0.25, 0.3) is 5.56 Å². The minimum absolute atomic E-state index is 0.0627. The molecule has 0 aliphatic carbocycles. The Labute approximate surface area is 139 Å².